The third-order valence-electron chi connectivity index (χ3n) is 4.82. The van der Waals surface area contributed by atoms with Gasteiger partial charge in [-0.1, -0.05) is 69.9 Å². The second-order valence-corrected chi connectivity index (χ2v) is 11.0. The molecule has 1 aliphatic carbocycles. The van der Waals surface area contributed by atoms with Crippen molar-refractivity contribution < 1.29 is 4.80 Å². The molecule has 1 aliphatic rings. The summed E-state index contributed by atoms with van der Waals surface area (Å²) in [5.74, 6) is 0.784. The highest BCUT2D eigenvalue weighted by Crippen LogP contribution is 2.43. The molecular weight excluding hydrogens is 272 g/mol. The van der Waals surface area contributed by atoms with Gasteiger partial charge in [0.25, 0.3) is 0 Å². The van der Waals surface area contributed by atoms with Crippen molar-refractivity contribution >= 4 is 13.9 Å². The van der Waals surface area contributed by atoms with Gasteiger partial charge in [0.05, 0.1) is 0 Å². The van der Waals surface area contributed by atoms with Gasteiger partial charge in [-0.3, -0.25) is 0 Å². The van der Waals surface area contributed by atoms with Crippen LogP contribution in [0.4, 0.5) is 0 Å². The fraction of sp³-hybridized carbons (Fsp3) is 0.579. The maximum atomic E-state index is 10.6. The summed E-state index contributed by atoms with van der Waals surface area (Å²) in [7, 11) is -2.18. The smallest absolute Gasteiger partial charge is 0.193 e. The largest absolute Gasteiger partial charge is 0.431 e. The second-order valence-electron chi connectivity index (χ2n) is 7.03. The zero-order chi connectivity index (χ0) is 15.5. The van der Waals surface area contributed by atoms with E-state index in [0.29, 0.717) is 0 Å². The Morgan fingerprint density at radius 3 is 2.52 bits per heavy atom. The Morgan fingerprint density at radius 1 is 1.19 bits per heavy atom. The van der Waals surface area contributed by atoms with Gasteiger partial charge >= 0.3 is 0 Å². The first-order valence-corrected chi connectivity index (χ1v) is 11.5. The molecule has 0 spiro atoms. The monoisotopic (exact) mass is 302 g/mol. The molecule has 0 aromatic heterocycles. The van der Waals surface area contributed by atoms with E-state index in [1.54, 1.807) is 0 Å². The lowest BCUT2D eigenvalue weighted by molar-refractivity contribution is 0.461. The van der Waals surface area contributed by atoms with E-state index in [4.69, 9.17) is 0 Å². The molecule has 0 radical (unpaired) electrons. The van der Waals surface area contributed by atoms with Gasteiger partial charge in [-0.05, 0) is 42.1 Å². The molecule has 2 heteroatoms. The number of hydrogen-bond donors (Lipinski definition) is 1. The standard InChI is InChI=1S/C19H30OSi/c1-5-7-10-15(6-2)13-16-14-19(21(3,4)20)18-12-9-8-11-17(16)18/h8-9,11-12,14-15,19-20H,5-7,10,13H2,1-4H3. The van der Waals surface area contributed by atoms with Crippen molar-refractivity contribution in [3.8, 4) is 0 Å². The molecule has 1 aromatic rings. The van der Waals surface area contributed by atoms with E-state index >= 15 is 0 Å². The minimum Gasteiger partial charge on any atom is -0.431 e. The van der Waals surface area contributed by atoms with Crippen LogP contribution in [0.1, 0.15) is 62.6 Å². The fourth-order valence-corrected chi connectivity index (χ4v) is 5.08. The predicted octanol–water partition coefficient (Wildman–Crippen LogP) is 5.51. The van der Waals surface area contributed by atoms with Crippen molar-refractivity contribution in [2.45, 2.75) is 64.6 Å². The lowest BCUT2D eigenvalue weighted by Crippen LogP contribution is -2.33. The molecule has 1 aromatic carbocycles. The molecule has 1 N–H and O–H groups in total. The van der Waals surface area contributed by atoms with Crippen molar-refractivity contribution in [2.24, 2.45) is 5.92 Å². The summed E-state index contributed by atoms with van der Waals surface area (Å²) in [6.45, 7) is 8.70. The molecule has 0 fully saturated rings. The summed E-state index contributed by atoms with van der Waals surface area (Å²) in [5.41, 5.74) is 4.50. The summed E-state index contributed by atoms with van der Waals surface area (Å²) in [5, 5.41) is 0. The van der Waals surface area contributed by atoms with Crippen molar-refractivity contribution in [1.82, 2.24) is 0 Å². The zero-order valence-corrected chi connectivity index (χ0v) is 15.0. The number of unbranched alkanes of at least 4 members (excludes halogenated alkanes) is 1. The van der Waals surface area contributed by atoms with Crippen LogP contribution in [0.2, 0.25) is 13.1 Å². The zero-order valence-electron chi connectivity index (χ0n) is 14.0. The van der Waals surface area contributed by atoms with E-state index in [1.807, 2.05) is 0 Å². The molecule has 0 heterocycles. The average Bonchev–Trinajstić information content (AvgIpc) is 2.82. The van der Waals surface area contributed by atoms with Crippen molar-refractivity contribution in [1.29, 1.82) is 0 Å². The van der Waals surface area contributed by atoms with E-state index in [0.717, 1.165) is 5.92 Å². The highest BCUT2D eigenvalue weighted by atomic mass is 28.4. The Balaban J connectivity index is 2.23. The summed E-state index contributed by atoms with van der Waals surface area (Å²) in [6, 6.07) is 8.69. The number of allylic oxidation sites excluding steroid dienone is 2. The van der Waals surface area contributed by atoms with Gasteiger partial charge in [-0.2, -0.15) is 0 Å². The lowest BCUT2D eigenvalue weighted by atomic mass is 9.90. The Hall–Kier alpha value is -0.863. The fourth-order valence-electron chi connectivity index (χ4n) is 3.46. The Kier molecular flexibility index (Phi) is 5.45. The van der Waals surface area contributed by atoms with Gasteiger partial charge in [-0.15, -0.1) is 0 Å². The van der Waals surface area contributed by atoms with Crippen LogP contribution in [-0.4, -0.2) is 13.1 Å². The van der Waals surface area contributed by atoms with Gasteiger partial charge in [0.2, 0.25) is 0 Å². The molecule has 0 aliphatic heterocycles. The van der Waals surface area contributed by atoms with Crippen LogP contribution >= 0.6 is 0 Å². The van der Waals surface area contributed by atoms with Crippen LogP contribution < -0.4 is 0 Å². The Labute approximate surface area is 131 Å². The molecule has 116 valence electrons. The molecule has 0 saturated carbocycles. The maximum Gasteiger partial charge on any atom is 0.193 e. The van der Waals surface area contributed by atoms with Gasteiger partial charge in [-0.25, -0.2) is 0 Å². The van der Waals surface area contributed by atoms with Gasteiger partial charge in [0, 0.05) is 5.54 Å². The van der Waals surface area contributed by atoms with Gasteiger partial charge in [0.1, 0.15) is 0 Å². The number of rotatable bonds is 7. The van der Waals surface area contributed by atoms with Crippen LogP contribution in [0.15, 0.2) is 30.3 Å². The van der Waals surface area contributed by atoms with Crippen molar-refractivity contribution in [3.05, 3.63) is 41.5 Å². The first-order valence-electron chi connectivity index (χ1n) is 8.49. The van der Waals surface area contributed by atoms with Crippen LogP contribution in [-0.2, 0) is 0 Å². The van der Waals surface area contributed by atoms with E-state index in [2.05, 4.69) is 57.3 Å². The van der Waals surface area contributed by atoms with Gasteiger partial charge in [0.15, 0.2) is 8.32 Å². The summed E-state index contributed by atoms with van der Waals surface area (Å²) in [6.07, 6.45) is 8.75. The Bertz CT molecular complexity index is 499. The van der Waals surface area contributed by atoms with E-state index < -0.39 is 8.32 Å². The third-order valence-corrected chi connectivity index (χ3v) is 6.82. The Morgan fingerprint density at radius 2 is 1.90 bits per heavy atom. The maximum absolute atomic E-state index is 10.6. The quantitative estimate of drug-likeness (QED) is 0.658. The molecule has 1 nitrogen and oxygen atoms in total. The van der Waals surface area contributed by atoms with Gasteiger partial charge < -0.3 is 4.80 Å². The summed E-state index contributed by atoms with van der Waals surface area (Å²) >= 11 is 0. The first-order chi connectivity index (χ1) is 9.97. The lowest BCUT2D eigenvalue weighted by Gasteiger charge is -2.22. The highest BCUT2D eigenvalue weighted by Gasteiger charge is 2.36. The average molecular weight is 303 g/mol. The molecule has 0 saturated heterocycles. The number of benzene rings is 1. The highest BCUT2D eigenvalue weighted by molar-refractivity contribution is 6.72. The predicted molar refractivity (Wildman–Crippen MR) is 94.8 cm³/mol. The molecule has 2 atom stereocenters. The van der Waals surface area contributed by atoms with E-state index in [9.17, 15) is 4.80 Å². The molecule has 21 heavy (non-hydrogen) atoms. The molecule has 0 amide bonds. The molecule has 0 bridgehead atoms. The normalized spacial score (nSPS) is 19.3. The summed E-state index contributed by atoms with van der Waals surface area (Å²) in [4.78, 5) is 10.6. The van der Waals surface area contributed by atoms with E-state index in [-0.39, 0.29) is 5.54 Å². The molecule has 2 unspecified atom stereocenters. The van der Waals surface area contributed by atoms with Crippen LogP contribution in [0.3, 0.4) is 0 Å². The van der Waals surface area contributed by atoms with Crippen molar-refractivity contribution in [3.63, 3.8) is 0 Å². The molecular formula is C19H30OSi. The minimum atomic E-state index is -2.18. The van der Waals surface area contributed by atoms with Crippen LogP contribution in [0.5, 0.6) is 0 Å². The van der Waals surface area contributed by atoms with Crippen molar-refractivity contribution in [2.75, 3.05) is 0 Å². The third kappa shape index (κ3) is 3.86. The van der Waals surface area contributed by atoms with E-state index in [1.165, 1.54) is 48.8 Å². The van der Waals surface area contributed by atoms with Crippen LogP contribution in [0.25, 0.3) is 5.57 Å². The van der Waals surface area contributed by atoms with Crippen LogP contribution in [0, 0.1) is 5.92 Å². The molecule has 2 rings (SSSR count). The number of hydrogen-bond acceptors (Lipinski definition) is 1. The first kappa shape index (κ1) is 16.5. The SMILES string of the molecule is CCCCC(CC)CC1=CC([Si](C)(C)O)c2ccccc21. The summed E-state index contributed by atoms with van der Waals surface area (Å²) < 4.78 is 0. The minimum absolute atomic E-state index is 0.271. The second kappa shape index (κ2) is 6.93. The number of fused-ring (bicyclic) bond motifs is 1. The topological polar surface area (TPSA) is 20.2 Å².